The van der Waals surface area contributed by atoms with Crippen molar-refractivity contribution in [1.29, 1.82) is 0 Å². The first kappa shape index (κ1) is 19.6. The van der Waals surface area contributed by atoms with Gasteiger partial charge in [0.15, 0.2) is 15.7 Å². The molecule has 0 bridgehead atoms. The molecule has 0 saturated heterocycles. The summed E-state index contributed by atoms with van der Waals surface area (Å²) in [5.74, 6) is -1.05. The maximum absolute atomic E-state index is 12.7. The predicted octanol–water partition coefficient (Wildman–Crippen LogP) is 2.05. The largest absolute Gasteiger partial charge is 0.354 e. The van der Waals surface area contributed by atoms with E-state index in [4.69, 9.17) is 0 Å². The monoisotopic (exact) mass is 422 g/mol. The van der Waals surface area contributed by atoms with Crippen LogP contribution in [0.25, 0.3) is 6.08 Å². The Morgan fingerprint density at radius 2 is 1.90 bits per heavy atom. The van der Waals surface area contributed by atoms with Crippen molar-refractivity contribution in [3.05, 3.63) is 77.0 Å². The lowest BCUT2D eigenvalue weighted by Crippen LogP contribution is -2.33. The van der Waals surface area contributed by atoms with Crippen LogP contribution in [-0.4, -0.2) is 31.8 Å². The number of hydrazone groups is 1. The third-order valence-corrected chi connectivity index (χ3v) is 6.46. The van der Waals surface area contributed by atoms with Crippen molar-refractivity contribution in [2.45, 2.75) is 11.8 Å². The minimum Gasteiger partial charge on any atom is -0.354 e. The molecule has 3 N–H and O–H groups in total. The Labute approximate surface area is 173 Å². The number of amidine groups is 1. The minimum atomic E-state index is -3.45. The Hall–Kier alpha value is -3.72. The van der Waals surface area contributed by atoms with Gasteiger partial charge in [0.2, 0.25) is 0 Å². The van der Waals surface area contributed by atoms with E-state index >= 15 is 0 Å². The highest BCUT2D eigenvalue weighted by Gasteiger charge is 2.29. The molecule has 0 aliphatic carbocycles. The van der Waals surface area contributed by atoms with Gasteiger partial charge in [-0.05, 0) is 35.9 Å². The molecule has 2 aromatic rings. The molecule has 2 aliphatic rings. The first-order valence-electron chi connectivity index (χ1n) is 9.20. The Balaban J connectivity index is 1.62. The van der Waals surface area contributed by atoms with Crippen molar-refractivity contribution in [2.24, 2.45) is 5.10 Å². The lowest BCUT2D eigenvalue weighted by Gasteiger charge is -2.17. The second-order valence-corrected chi connectivity index (χ2v) is 8.90. The second kappa shape index (κ2) is 7.60. The van der Waals surface area contributed by atoms with Gasteiger partial charge in [-0.2, -0.15) is 5.10 Å². The Bertz CT molecular complexity index is 1260. The summed E-state index contributed by atoms with van der Waals surface area (Å²) in [6, 6.07) is 13.3. The molecule has 9 heteroatoms. The van der Waals surface area contributed by atoms with Crippen LogP contribution in [0, 0.1) is 0 Å². The number of hydrogen-bond acceptors (Lipinski definition) is 6. The van der Waals surface area contributed by atoms with Crippen molar-refractivity contribution in [2.75, 3.05) is 11.1 Å². The van der Waals surface area contributed by atoms with E-state index in [1.165, 1.54) is 31.2 Å². The van der Waals surface area contributed by atoms with E-state index < -0.39 is 21.7 Å². The number of benzene rings is 2. The van der Waals surface area contributed by atoms with E-state index in [-0.39, 0.29) is 27.6 Å². The molecule has 152 valence electrons. The molecule has 2 aliphatic heterocycles. The zero-order valence-corrected chi connectivity index (χ0v) is 16.8. The summed E-state index contributed by atoms with van der Waals surface area (Å²) >= 11 is 0. The summed E-state index contributed by atoms with van der Waals surface area (Å²) in [6.45, 7) is 1.54. The first-order chi connectivity index (χ1) is 14.4. The van der Waals surface area contributed by atoms with Gasteiger partial charge in [0.1, 0.15) is 5.57 Å². The molecule has 2 amide bonds. The lowest BCUT2D eigenvalue weighted by atomic mass is 10.0. The van der Waals surface area contributed by atoms with Crippen LogP contribution in [0.15, 0.2) is 75.9 Å². The van der Waals surface area contributed by atoms with E-state index in [1.54, 1.807) is 6.08 Å². The van der Waals surface area contributed by atoms with E-state index in [1.807, 2.05) is 30.3 Å². The zero-order valence-electron chi connectivity index (χ0n) is 16.0. The molecule has 2 aromatic carbocycles. The van der Waals surface area contributed by atoms with Gasteiger partial charge in [-0.3, -0.25) is 9.59 Å². The number of hydrogen-bond donors (Lipinski definition) is 3. The van der Waals surface area contributed by atoms with Crippen LogP contribution in [0.3, 0.4) is 0 Å². The van der Waals surface area contributed by atoms with Crippen LogP contribution in [-0.2, 0) is 14.6 Å². The number of allylic oxidation sites excluding steroid dienone is 1. The summed E-state index contributed by atoms with van der Waals surface area (Å²) in [7, 11) is -3.45. The number of sulfone groups is 1. The van der Waals surface area contributed by atoms with Gasteiger partial charge in [-0.25, -0.2) is 13.8 Å². The van der Waals surface area contributed by atoms with Crippen LogP contribution >= 0.6 is 0 Å². The number of nitrogens with zero attached hydrogens (tertiary/aromatic N) is 1. The van der Waals surface area contributed by atoms with Gasteiger partial charge in [0.05, 0.1) is 16.3 Å². The average molecular weight is 422 g/mol. The standard InChI is InChI=1S/C21H18N4O4S/c1-2-30(28,29)15-8-5-7-14(12-15)20(26)23-19-18(21(27)25-24-19)17-11-10-13-6-3-4-9-16(13)22-17/h3-12,22H,2H2,1H3,(H,25,27)(H,23,24,26)/b18-17-. The molecule has 30 heavy (non-hydrogen) atoms. The highest BCUT2D eigenvalue weighted by molar-refractivity contribution is 7.91. The molecule has 0 spiro atoms. The third-order valence-electron chi connectivity index (χ3n) is 4.73. The van der Waals surface area contributed by atoms with Crippen molar-refractivity contribution in [3.63, 3.8) is 0 Å². The molecule has 2 heterocycles. The fourth-order valence-electron chi connectivity index (χ4n) is 3.11. The lowest BCUT2D eigenvalue weighted by molar-refractivity contribution is -0.116. The topological polar surface area (TPSA) is 117 Å². The maximum atomic E-state index is 12.7. The highest BCUT2D eigenvalue weighted by atomic mass is 32.2. The number of carbonyl (C=O) groups excluding carboxylic acids is 2. The zero-order chi connectivity index (χ0) is 21.3. The summed E-state index contributed by atoms with van der Waals surface area (Å²) in [6.07, 6.45) is 3.59. The molecular formula is C21H18N4O4S. The molecule has 0 atom stereocenters. The van der Waals surface area contributed by atoms with Crippen molar-refractivity contribution in [1.82, 2.24) is 10.7 Å². The number of para-hydroxylation sites is 1. The van der Waals surface area contributed by atoms with Gasteiger partial charge >= 0.3 is 0 Å². The molecule has 0 saturated carbocycles. The maximum Gasteiger partial charge on any atom is 0.277 e. The fraction of sp³-hybridized carbons (Fsp3) is 0.0952. The van der Waals surface area contributed by atoms with E-state index in [0.717, 1.165) is 11.3 Å². The van der Waals surface area contributed by atoms with Gasteiger partial charge in [0.25, 0.3) is 11.8 Å². The first-order valence-corrected chi connectivity index (χ1v) is 10.9. The Morgan fingerprint density at radius 1 is 1.10 bits per heavy atom. The van der Waals surface area contributed by atoms with Gasteiger partial charge in [-0.1, -0.05) is 37.3 Å². The SMILES string of the molecule is CCS(=O)(=O)c1cccc(C(=O)NC2=NNC(=O)/C2=C2/C=Cc3ccccc3N2)c1. The molecule has 4 rings (SSSR count). The quantitative estimate of drug-likeness (QED) is 0.655. The van der Waals surface area contributed by atoms with Crippen LogP contribution in [0.2, 0.25) is 0 Å². The molecular weight excluding hydrogens is 404 g/mol. The summed E-state index contributed by atoms with van der Waals surface area (Å²) in [4.78, 5) is 25.1. The van der Waals surface area contributed by atoms with Gasteiger partial charge < -0.3 is 10.6 Å². The fourth-order valence-corrected chi connectivity index (χ4v) is 4.03. The summed E-state index contributed by atoms with van der Waals surface area (Å²) in [5, 5.41) is 9.68. The van der Waals surface area contributed by atoms with Crippen molar-refractivity contribution >= 4 is 39.3 Å². The normalized spacial score (nSPS) is 17.6. The van der Waals surface area contributed by atoms with E-state index in [9.17, 15) is 18.0 Å². The Morgan fingerprint density at radius 3 is 2.70 bits per heavy atom. The Kier molecular flexibility index (Phi) is 4.96. The molecule has 0 fully saturated rings. The number of nitrogens with one attached hydrogen (secondary N) is 3. The van der Waals surface area contributed by atoms with Crippen LogP contribution in [0.1, 0.15) is 22.8 Å². The predicted molar refractivity (Wildman–Crippen MR) is 113 cm³/mol. The number of carbonyl (C=O) groups is 2. The minimum absolute atomic E-state index is 0.0558. The van der Waals surface area contributed by atoms with Gasteiger partial charge in [0, 0.05) is 11.3 Å². The average Bonchev–Trinajstić information content (AvgIpc) is 3.13. The van der Waals surface area contributed by atoms with Crippen LogP contribution in [0.4, 0.5) is 5.69 Å². The smallest absolute Gasteiger partial charge is 0.277 e. The van der Waals surface area contributed by atoms with Gasteiger partial charge in [-0.15, -0.1) is 0 Å². The van der Waals surface area contributed by atoms with Crippen molar-refractivity contribution < 1.29 is 18.0 Å². The van der Waals surface area contributed by atoms with Crippen LogP contribution in [0.5, 0.6) is 0 Å². The molecule has 8 nitrogen and oxygen atoms in total. The number of rotatable bonds is 3. The van der Waals surface area contributed by atoms with Crippen LogP contribution < -0.4 is 16.1 Å². The highest BCUT2D eigenvalue weighted by Crippen LogP contribution is 2.26. The third kappa shape index (κ3) is 3.62. The van der Waals surface area contributed by atoms with E-state index in [0.29, 0.717) is 5.70 Å². The molecule has 0 aromatic heterocycles. The van der Waals surface area contributed by atoms with E-state index in [2.05, 4.69) is 21.2 Å². The van der Waals surface area contributed by atoms with Crippen molar-refractivity contribution in [3.8, 4) is 0 Å². The number of fused-ring (bicyclic) bond motifs is 1. The number of anilines is 1. The number of amides is 2. The molecule has 0 unspecified atom stereocenters. The summed E-state index contributed by atoms with van der Waals surface area (Å²) < 4.78 is 24.2. The second-order valence-electron chi connectivity index (χ2n) is 6.62. The molecule has 0 radical (unpaired) electrons. The summed E-state index contributed by atoms with van der Waals surface area (Å²) in [5.41, 5.74) is 4.97.